The van der Waals surface area contributed by atoms with Crippen LogP contribution in [0.1, 0.15) is 26.2 Å². The Morgan fingerprint density at radius 1 is 1.31 bits per heavy atom. The van der Waals surface area contributed by atoms with Crippen molar-refractivity contribution in [1.82, 2.24) is 15.5 Å². The summed E-state index contributed by atoms with van der Waals surface area (Å²) in [4.78, 5) is 18.5. The topological polar surface area (TPSA) is 66.0 Å². The Morgan fingerprint density at radius 3 is 2.62 bits per heavy atom. The number of hydrogen-bond donors (Lipinski definition) is 2. The SMILES string of the molecule is CCNC(=NCCOc1ccc(Cl)cc1)N1CCC(CC(=O)NC)CC1. The van der Waals surface area contributed by atoms with Crippen LogP contribution >= 0.6 is 11.6 Å². The molecule has 1 aliphatic rings. The molecule has 7 heteroatoms. The molecule has 0 aromatic heterocycles. The van der Waals surface area contributed by atoms with Crippen LogP contribution in [0, 0.1) is 5.92 Å². The fraction of sp³-hybridized carbons (Fsp3) is 0.579. The Morgan fingerprint density at radius 2 is 2.00 bits per heavy atom. The molecule has 1 aliphatic heterocycles. The van der Waals surface area contributed by atoms with Crippen LogP contribution < -0.4 is 15.4 Å². The number of piperidine rings is 1. The summed E-state index contributed by atoms with van der Waals surface area (Å²) in [5.41, 5.74) is 0. The number of carbonyl (C=O) groups is 1. The Hall–Kier alpha value is -1.95. The zero-order chi connectivity index (χ0) is 18.8. The van der Waals surface area contributed by atoms with Crippen LogP contribution in [-0.2, 0) is 4.79 Å². The number of nitrogens with one attached hydrogen (secondary N) is 2. The molecule has 144 valence electrons. The number of ether oxygens (including phenoxy) is 1. The van der Waals surface area contributed by atoms with Gasteiger partial charge in [-0.25, -0.2) is 4.99 Å². The third-order valence-electron chi connectivity index (χ3n) is 4.44. The van der Waals surface area contributed by atoms with E-state index in [1.807, 2.05) is 24.3 Å². The van der Waals surface area contributed by atoms with Gasteiger partial charge in [0.15, 0.2) is 5.96 Å². The maximum Gasteiger partial charge on any atom is 0.220 e. The highest BCUT2D eigenvalue weighted by molar-refractivity contribution is 6.30. The second-order valence-corrected chi connectivity index (χ2v) is 6.78. The Balaban J connectivity index is 1.79. The molecule has 1 aromatic rings. The fourth-order valence-corrected chi connectivity index (χ4v) is 3.11. The molecule has 1 saturated heterocycles. The zero-order valence-electron chi connectivity index (χ0n) is 15.6. The maximum absolute atomic E-state index is 11.5. The lowest BCUT2D eigenvalue weighted by Crippen LogP contribution is -2.46. The first kappa shape index (κ1) is 20.4. The van der Waals surface area contributed by atoms with Crippen LogP contribution in [0.2, 0.25) is 5.02 Å². The lowest BCUT2D eigenvalue weighted by Gasteiger charge is -2.34. The van der Waals surface area contributed by atoms with Crippen LogP contribution in [0.15, 0.2) is 29.3 Å². The van der Waals surface area contributed by atoms with Crippen molar-refractivity contribution in [3.63, 3.8) is 0 Å². The van der Waals surface area contributed by atoms with E-state index in [9.17, 15) is 4.79 Å². The smallest absolute Gasteiger partial charge is 0.220 e. The normalized spacial score (nSPS) is 15.7. The van der Waals surface area contributed by atoms with E-state index in [2.05, 4.69) is 27.4 Å². The number of aliphatic imine (C=N–C) groups is 1. The highest BCUT2D eigenvalue weighted by Crippen LogP contribution is 2.20. The zero-order valence-corrected chi connectivity index (χ0v) is 16.4. The Kier molecular flexibility index (Phi) is 8.54. The number of nitrogens with zero attached hydrogens (tertiary/aromatic N) is 2. The minimum Gasteiger partial charge on any atom is -0.492 e. The average molecular weight is 381 g/mol. The molecule has 0 bridgehead atoms. The minimum atomic E-state index is 0.128. The van der Waals surface area contributed by atoms with Gasteiger partial charge >= 0.3 is 0 Å². The summed E-state index contributed by atoms with van der Waals surface area (Å²) in [5.74, 6) is 2.31. The van der Waals surface area contributed by atoms with Crippen molar-refractivity contribution < 1.29 is 9.53 Å². The summed E-state index contributed by atoms with van der Waals surface area (Å²) in [7, 11) is 1.69. The van der Waals surface area contributed by atoms with Crippen LogP contribution in [0.3, 0.4) is 0 Å². The fourth-order valence-electron chi connectivity index (χ4n) is 2.98. The predicted octanol–water partition coefficient (Wildman–Crippen LogP) is 2.53. The molecule has 1 amide bonds. The third-order valence-corrected chi connectivity index (χ3v) is 4.69. The van der Waals surface area contributed by atoms with Gasteiger partial charge in [0, 0.05) is 38.1 Å². The minimum absolute atomic E-state index is 0.128. The van der Waals surface area contributed by atoms with Gasteiger partial charge in [-0.2, -0.15) is 0 Å². The van der Waals surface area contributed by atoms with Crippen LogP contribution in [-0.4, -0.2) is 56.6 Å². The summed E-state index contributed by atoms with van der Waals surface area (Å²) in [6, 6.07) is 7.34. The highest BCUT2D eigenvalue weighted by atomic mass is 35.5. The van der Waals surface area contributed by atoms with Gasteiger partial charge in [-0.3, -0.25) is 4.79 Å². The molecule has 2 N–H and O–H groups in total. The molecule has 1 aromatic carbocycles. The van der Waals surface area contributed by atoms with Crippen molar-refractivity contribution >= 4 is 23.5 Å². The molecule has 6 nitrogen and oxygen atoms in total. The molecule has 0 unspecified atom stereocenters. The van der Waals surface area contributed by atoms with Gasteiger partial charge in [-0.05, 0) is 49.9 Å². The van der Waals surface area contributed by atoms with Gasteiger partial charge in [-0.1, -0.05) is 11.6 Å². The maximum atomic E-state index is 11.5. The van der Waals surface area contributed by atoms with E-state index >= 15 is 0 Å². The van der Waals surface area contributed by atoms with E-state index in [0.29, 0.717) is 30.5 Å². The molecule has 0 aliphatic carbocycles. The van der Waals surface area contributed by atoms with E-state index in [1.165, 1.54) is 0 Å². The van der Waals surface area contributed by atoms with E-state index in [4.69, 9.17) is 16.3 Å². The Labute approximate surface area is 161 Å². The first-order chi connectivity index (χ1) is 12.6. The van der Waals surface area contributed by atoms with Crippen molar-refractivity contribution in [2.24, 2.45) is 10.9 Å². The van der Waals surface area contributed by atoms with Gasteiger partial charge < -0.3 is 20.3 Å². The average Bonchev–Trinajstić information content (AvgIpc) is 2.66. The number of carbonyl (C=O) groups excluding carboxylic acids is 1. The summed E-state index contributed by atoms with van der Waals surface area (Å²) in [5, 5.41) is 6.76. The number of likely N-dealkylation sites (tertiary alicyclic amines) is 1. The number of benzene rings is 1. The molecule has 1 fully saturated rings. The van der Waals surface area contributed by atoms with Gasteiger partial charge in [-0.15, -0.1) is 0 Å². The molecule has 0 saturated carbocycles. The predicted molar refractivity (Wildman–Crippen MR) is 106 cm³/mol. The summed E-state index contributed by atoms with van der Waals surface area (Å²) in [6.07, 6.45) is 2.64. The van der Waals surface area contributed by atoms with Gasteiger partial charge in [0.2, 0.25) is 5.91 Å². The number of guanidine groups is 1. The first-order valence-corrected chi connectivity index (χ1v) is 9.62. The van der Waals surface area contributed by atoms with Crippen molar-refractivity contribution in [1.29, 1.82) is 0 Å². The lowest BCUT2D eigenvalue weighted by atomic mass is 9.93. The number of hydrogen-bond acceptors (Lipinski definition) is 3. The first-order valence-electron chi connectivity index (χ1n) is 9.24. The van der Waals surface area contributed by atoms with Gasteiger partial charge in [0.05, 0.1) is 6.54 Å². The van der Waals surface area contributed by atoms with E-state index < -0.39 is 0 Å². The number of amides is 1. The van der Waals surface area contributed by atoms with Crippen molar-refractivity contribution in [2.45, 2.75) is 26.2 Å². The van der Waals surface area contributed by atoms with E-state index in [1.54, 1.807) is 7.05 Å². The van der Waals surface area contributed by atoms with Gasteiger partial charge in [0.25, 0.3) is 0 Å². The van der Waals surface area contributed by atoms with E-state index in [-0.39, 0.29) is 5.91 Å². The van der Waals surface area contributed by atoms with E-state index in [0.717, 1.165) is 44.2 Å². The van der Waals surface area contributed by atoms with Crippen LogP contribution in [0.5, 0.6) is 5.75 Å². The molecule has 0 radical (unpaired) electrons. The van der Waals surface area contributed by atoms with Crippen molar-refractivity contribution in [3.8, 4) is 5.75 Å². The summed E-state index contributed by atoms with van der Waals surface area (Å²) < 4.78 is 5.69. The van der Waals surface area contributed by atoms with Crippen molar-refractivity contribution in [2.75, 3.05) is 39.8 Å². The molecular weight excluding hydrogens is 352 g/mol. The summed E-state index contributed by atoms with van der Waals surface area (Å²) >= 11 is 5.87. The Bertz CT molecular complexity index is 584. The summed E-state index contributed by atoms with van der Waals surface area (Å²) in [6.45, 7) is 5.84. The third kappa shape index (κ3) is 6.75. The molecular formula is C19H29ClN4O2. The van der Waals surface area contributed by atoms with Gasteiger partial charge in [0.1, 0.15) is 12.4 Å². The molecule has 0 spiro atoms. The van der Waals surface area contributed by atoms with Crippen LogP contribution in [0.25, 0.3) is 0 Å². The van der Waals surface area contributed by atoms with Crippen LogP contribution in [0.4, 0.5) is 0 Å². The van der Waals surface area contributed by atoms with Crippen molar-refractivity contribution in [3.05, 3.63) is 29.3 Å². The molecule has 0 atom stereocenters. The molecule has 1 heterocycles. The lowest BCUT2D eigenvalue weighted by molar-refractivity contribution is -0.121. The quantitative estimate of drug-likeness (QED) is 0.433. The highest BCUT2D eigenvalue weighted by Gasteiger charge is 2.22. The largest absolute Gasteiger partial charge is 0.492 e. The monoisotopic (exact) mass is 380 g/mol. The second kappa shape index (κ2) is 10.9. The second-order valence-electron chi connectivity index (χ2n) is 6.35. The number of halogens is 1. The molecule has 2 rings (SSSR count). The molecule has 26 heavy (non-hydrogen) atoms. The standard InChI is InChI=1S/C19H29ClN4O2/c1-3-22-19(23-10-13-26-17-6-4-16(20)5-7-17)24-11-8-15(9-12-24)14-18(25)21-2/h4-7,15H,3,8-14H2,1-2H3,(H,21,25)(H,22,23). The number of rotatable bonds is 7.